The molecule has 0 amide bonds. The van der Waals surface area contributed by atoms with Crippen molar-refractivity contribution in [3.05, 3.63) is 17.8 Å². The number of nitrogen functional groups attached to an aromatic ring is 1. The molecular weight excluding hydrogens is 236 g/mol. The van der Waals surface area contributed by atoms with E-state index in [9.17, 15) is 0 Å². The maximum absolute atomic E-state index is 6.13. The van der Waals surface area contributed by atoms with Crippen molar-refractivity contribution in [2.24, 2.45) is 0 Å². The molecular formula is C15H24N4. The van der Waals surface area contributed by atoms with Crippen LogP contribution in [0, 0.1) is 6.92 Å². The summed E-state index contributed by atoms with van der Waals surface area (Å²) in [5.74, 6) is 0.984. The van der Waals surface area contributed by atoms with Crippen molar-refractivity contribution in [3.63, 3.8) is 0 Å². The number of hydrogen-bond acceptors (Lipinski definition) is 4. The van der Waals surface area contributed by atoms with Crippen molar-refractivity contribution in [1.82, 2.24) is 9.88 Å². The van der Waals surface area contributed by atoms with Crippen molar-refractivity contribution >= 4 is 11.5 Å². The Balaban J connectivity index is 1.85. The first-order chi connectivity index (χ1) is 9.15. The minimum absolute atomic E-state index is 0.492. The Hall–Kier alpha value is -1.29. The average Bonchev–Trinajstić information content (AvgIpc) is 2.41. The van der Waals surface area contributed by atoms with Gasteiger partial charge in [0.25, 0.3) is 0 Å². The molecule has 2 atom stereocenters. The Morgan fingerprint density at radius 3 is 2.95 bits per heavy atom. The SMILES string of the molecule is Cc1ccc(N)c(N2CC3CCCCN3CC2C)n1. The van der Waals surface area contributed by atoms with E-state index in [1.165, 1.54) is 25.8 Å². The van der Waals surface area contributed by atoms with Crippen LogP contribution in [0.1, 0.15) is 31.9 Å². The third-order valence-electron chi connectivity index (χ3n) is 4.50. The molecule has 2 fully saturated rings. The molecule has 4 heteroatoms. The molecule has 0 aromatic carbocycles. The van der Waals surface area contributed by atoms with Gasteiger partial charge in [0.2, 0.25) is 0 Å². The number of rotatable bonds is 1. The van der Waals surface area contributed by atoms with Crippen LogP contribution in [-0.4, -0.2) is 41.6 Å². The molecule has 3 heterocycles. The largest absolute Gasteiger partial charge is 0.396 e. The summed E-state index contributed by atoms with van der Waals surface area (Å²) in [5.41, 5.74) is 7.98. The van der Waals surface area contributed by atoms with Gasteiger partial charge in [0, 0.05) is 30.9 Å². The van der Waals surface area contributed by atoms with Gasteiger partial charge in [-0.3, -0.25) is 4.90 Å². The van der Waals surface area contributed by atoms with Crippen LogP contribution < -0.4 is 10.6 Å². The van der Waals surface area contributed by atoms with Crippen molar-refractivity contribution in [2.45, 2.75) is 45.2 Å². The standard InChI is InChI=1S/C15H24N4/c1-11-6-7-14(16)15(17-11)19-10-13-5-3-4-8-18(13)9-12(19)2/h6-7,12-13H,3-5,8-10,16H2,1-2H3. The third kappa shape index (κ3) is 2.41. The monoisotopic (exact) mass is 260 g/mol. The van der Waals surface area contributed by atoms with E-state index in [4.69, 9.17) is 5.73 Å². The fourth-order valence-corrected chi connectivity index (χ4v) is 3.43. The molecule has 0 spiro atoms. The Morgan fingerprint density at radius 2 is 2.11 bits per heavy atom. The predicted octanol–water partition coefficient (Wildman–Crippen LogP) is 2.04. The first-order valence-corrected chi connectivity index (χ1v) is 7.39. The number of aromatic nitrogens is 1. The molecule has 2 N–H and O–H groups in total. The topological polar surface area (TPSA) is 45.4 Å². The van der Waals surface area contributed by atoms with E-state index in [1.807, 2.05) is 19.1 Å². The van der Waals surface area contributed by atoms with Crippen molar-refractivity contribution in [3.8, 4) is 0 Å². The lowest BCUT2D eigenvalue weighted by atomic mass is 9.97. The van der Waals surface area contributed by atoms with Crippen LogP contribution in [0.4, 0.5) is 11.5 Å². The number of nitrogens with zero attached hydrogens (tertiary/aromatic N) is 3. The van der Waals surface area contributed by atoms with Gasteiger partial charge < -0.3 is 10.6 Å². The minimum atomic E-state index is 0.492. The number of nitrogens with two attached hydrogens (primary N) is 1. The molecule has 0 saturated carbocycles. The zero-order valence-electron chi connectivity index (χ0n) is 12.0. The van der Waals surface area contributed by atoms with Gasteiger partial charge in [-0.15, -0.1) is 0 Å². The van der Waals surface area contributed by atoms with Crippen LogP contribution in [-0.2, 0) is 0 Å². The minimum Gasteiger partial charge on any atom is -0.396 e. The molecule has 2 aliphatic heterocycles. The quantitative estimate of drug-likeness (QED) is 0.839. The number of pyridine rings is 1. The van der Waals surface area contributed by atoms with Crippen LogP contribution >= 0.6 is 0 Å². The molecule has 2 aliphatic rings. The van der Waals surface area contributed by atoms with Crippen molar-refractivity contribution in [2.75, 3.05) is 30.3 Å². The molecule has 2 unspecified atom stereocenters. The molecule has 19 heavy (non-hydrogen) atoms. The second-order valence-corrected chi connectivity index (χ2v) is 6.01. The van der Waals surface area contributed by atoms with E-state index in [1.54, 1.807) is 0 Å². The fraction of sp³-hybridized carbons (Fsp3) is 0.667. The lowest BCUT2D eigenvalue weighted by molar-refractivity contribution is 0.115. The molecule has 1 aromatic rings. The van der Waals surface area contributed by atoms with Gasteiger partial charge in [0.1, 0.15) is 0 Å². The molecule has 3 rings (SSSR count). The zero-order chi connectivity index (χ0) is 13.4. The summed E-state index contributed by atoms with van der Waals surface area (Å²) in [4.78, 5) is 9.73. The van der Waals surface area contributed by atoms with Gasteiger partial charge in [-0.2, -0.15) is 0 Å². The highest BCUT2D eigenvalue weighted by Gasteiger charge is 2.34. The van der Waals surface area contributed by atoms with Crippen molar-refractivity contribution < 1.29 is 0 Å². The van der Waals surface area contributed by atoms with Crippen LogP contribution in [0.25, 0.3) is 0 Å². The molecule has 0 radical (unpaired) electrons. The summed E-state index contributed by atoms with van der Waals surface area (Å²) >= 11 is 0. The van der Waals surface area contributed by atoms with Gasteiger partial charge in [-0.1, -0.05) is 6.42 Å². The molecule has 1 aromatic heterocycles. The predicted molar refractivity (Wildman–Crippen MR) is 79.4 cm³/mol. The Bertz CT molecular complexity index is 459. The van der Waals surface area contributed by atoms with Crippen LogP contribution in [0.3, 0.4) is 0 Å². The van der Waals surface area contributed by atoms with E-state index in [2.05, 4.69) is 21.7 Å². The fourth-order valence-electron chi connectivity index (χ4n) is 3.43. The van der Waals surface area contributed by atoms with Gasteiger partial charge in [-0.25, -0.2) is 4.98 Å². The van der Waals surface area contributed by atoms with E-state index in [-0.39, 0.29) is 0 Å². The summed E-state index contributed by atoms with van der Waals surface area (Å²) in [6.45, 7) is 7.79. The Labute approximate surface area is 115 Å². The van der Waals surface area contributed by atoms with E-state index >= 15 is 0 Å². The van der Waals surface area contributed by atoms with Gasteiger partial charge in [0.15, 0.2) is 5.82 Å². The summed E-state index contributed by atoms with van der Waals surface area (Å²) < 4.78 is 0. The highest BCUT2D eigenvalue weighted by molar-refractivity contribution is 5.63. The summed E-state index contributed by atoms with van der Waals surface area (Å²) in [5, 5.41) is 0. The molecule has 4 nitrogen and oxygen atoms in total. The summed E-state index contributed by atoms with van der Waals surface area (Å²) in [6.07, 6.45) is 4.03. The number of piperazine rings is 1. The summed E-state index contributed by atoms with van der Waals surface area (Å²) in [6, 6.07) is 5.15. The molecule has 0 aliphatic carbocycles. The first-order valence-electron chi connectivity index (χ1n) is 7.39. The van der Waals surface area contributed by atoms with Crippen LogP contribution in [0.2, 0.25) is 0 Å². The molecule has 104 valence electrons. The number of anilines is 2. The molecule has 0 bridgehead atoms. The highest BCUT2D eigenvalue weighted by Crippen LogP contribution is 2.30. The maximum atomic E-state index is 6.13. The second-order valence-electron chi connectivity index (χ2n) is 6.01. The summed E-state index contributed by atoms with van der Waals surface area (Å²) in [7, 11) is 0. The van der Waals surface area contributed by atoms with Gasteiger partial charge >= 0.3 is 0 Å². The number of hydrogen-bond donors (Lipinski definition) is 1. The Kier molecular flexibility index (Phi) is 3.35. The normalized spacial score (nSPS) is 28.2. The number of piperidine rings is 1. The van der Waals surface area contributed by atoms with Crippen LogP contribution in [0.15, 0.2) is 12.1 Å². The van der Waals surface area contributed by atoms with Crippen molar-refractivity contribution in [1.29, 1.82) is 0 Å². The third-order valence-corrected chi connectivity index (χ3v) is 4.50. The number of fused-ring (bicyclic) bond motifs is 1. The smallest absolute Gasteiger partial charge is 0.152 e. The first kappa shape index (κ1) is 12.7. The lowest BCUT2D eigenvalue weighted by Crippen LogP contribution is -2.59. The van der Waals surface area contributed by atoms with E-state index in [0.717, 1.165) is 30.3 Å². The second kappa shape index (κ2) is 5.00. The van der Waals surface area contributed by atoms with E-state index < -0.39 is 0 Å². The average molecular weight is 260 g/mol. The van der Waals surface area contributed by atoms with Gasteiger partial charge in [0.05, 0.1) is 5.69 Å². The van der Waals surface area contributed by atoms with Gasteiger partial charge in [-0.05, 0) is 45.4 Å². The maximum Gasteiger partial charge on any atom is 0.152 e. The van der Waals surface area contributed by atoms with E-state index in [0.29, 0.717) is 12.1 Å². The molecule has 2 saturated heterocycles. The van der Waals surface area contributed by atoms with Crippen LogP contribution in [0.5, 0.6) is 0 Å². The lowest BCUT2D eigenvalue weighted by Gasteiger charge is -2.48. The zero-order valence-corrected chi connectivity index (χ0v) is 12.0. The number of aryl methyl sites for hydroxylation is 1. The Morgan fingerprint density at radius 1 is 1.26 bits per heavy atom. The highest BCUT2D eigenvalue weighted by atomic mass is 15.3.